The predicted octanol–water partition coefficient (Wildman–Crippen LogP) is 5.08. The van der Waals surface area contributed by atoms with Crippen molar-refractivity contribution in [1.82, 2.24) is 9.78 Å². The summed E-state index contributed by atoms with van der Waals surface area (Å²) in [5, 5.41) is 12.1. The molecule has 7 nitrogen and oxygen atoms in total. The number of halogens is 2. The smallest absolute Gasteiger partial charge is 0.268 e. The van der Waals surface area contributed by atoms with E-state index in [9.17, 15) is 9.18 Å². The van der Waals surface area contributed by atoms with Crippen LogP contribution in [0.25, 0.3) is 0 Å². The molecule has 172 valence electrons. The fourth-order valence-electron chi connectivity index (χ4n) is 3.66. The number of amides is 1. The Labute approximate surface area is 196 Å². The largest absolute Gasteiger partial charge is 0.471 e. The first-order valence-electron chi connectivity index (χ1n) is 10.5. The van der Waals surface area contributed by atoms with E-state index in [0.717, 1.165) is 27.4 Å². The fourth-order valence-corrected chi connectivity index (χ4v) is 3.77. The maximum absolute atomic E-state index is 13.1. The Morgan fingerprint density at radius 1 is 1.21 bits per heavy atom. The Bertz CT molecular complexity index is 1210. The molecule has 4 rings (SSSR count). The molecule has 1 atom stereocenters. The van der Waals surface area contributed by atoms with Gasteiger partial charge in [0.05, 0.1) is 22.8 Å². The zero-order chi connectivity index (χ0) is 23.7. The third-order valence-corrected chi connectivity index (χ3v) is 6.13. The summed E-state index contributed by atoms with van der Waals surface area (Å²) in [5.74, 6) is 0.0321. The van der Waals surface area contributed by atoms with Crippen molar-refractivity contribution in [3.05, 3.63) is 75.3 Å². The molecule has 9 heteroatoms. The van der Waals surface area contributed by atoms with Crippen LogP contribution in [0.4, 0.5) is 10.1 Å². The second-order valence-electron chi connectivity index (χ2n) is 8.02. The van der Waals surface area contributed by atoms with Gasteiger partial charge in [0.2, 0.25) is 6.10 Å². The SMILES string of the molecule is Cc1cc(OCn2nc(C)c(NC(=O)C3CC(c4ccc(F)cc4)=NO3)c2C)cc(C)c1Cl. The van der Waals surface area contributed by atoms with Crippen molar-refractivity contribution in [3.8, 4) is 5.75 Å². The van der Waals surface area contributed by atoms with Gasteiger partial charge in [0.25, 0.3) is 5.91 Å². The van der Waals surface area contributed by atoms with E-state index in [1.165, 1.54) is 12.1 Å². The average molecular weight is 471 g/mol. The van der Waals surface area contributed by atoms with E-state index in [-0.39, 0.29) is 18.5 Å². The quantitative estimate of drug-likeness (QED) is 0.545. The Balaban J connectivity index is 1.40. The Hall–Kier alpha value is -3.39. The second-order valence-corrected chi connectivity index (χ2v) is 8.40. The van der Waals surface area contributed by atoms with Crippen LogP contribution in [0.2, 0.25) is 5.02 Å². The van der Waals surface area contributed by atoms with Gasteiger partial charge in [0, 0.05) is 11.4 Å². The zero-order valence-corrected chi connectivity index (χ0v) is 19.5. The molecule has 0 saturated carbocycles. The Morgan fingerprint density at radius 2 is 1.88 bits per heavy atom. The molecular weight excluding hydrogens is 447 g/mol. The second kappa shape index (κ2) is 9.23. The molecule has 2 heterocycles. The average Bonchev–Trinajstić information content (AvgIpc) is 3.37. The van der Waals surface area contributed by atoms with Crippen molar-refractivity contribution >= 4 is 28.9 Å². The molecule has 1 aromatic heterocycles. The predicted molar refractivity (Wildman–Crippen MR) is 124 cm³/mol. The first-order valence-corrected chi connectivity index (χ1v) is 10.8. The lowest BCUT2D eigenvalue weighted by molar-refractivity contribution is -0.125. The lowest BCUT2D eigenvalue weighted by Gasteiger charge is -2.12. The van der Waals surface area contributed by atoms with E-state index >= 15 is 0 Å². The minimum Gasteiger partial charge on any atom is -0.471 e. The van der Waals surface area contributed by atoms with Crippen molar-refractivity contribution in [3.63, 3.8) is 0 Å². The highest BCUT2D eigenvalue weighted by Gasteiger charge is 2.30. The van der Waals surface area contributed by atoms with Crippen molar-refractivity contribution in [2.75, 3.05) is 5.32 Å². The summed E-state index contributed by atoms with van der Waals surface area (Å²) in [4.78, 5) is 18.1. The normalized spacial score (nSPS) is 15.2. The van der Waals surface area contributed by atoms with Gasteiger partial charge >= 0.3 is 0 Å². The van der Waals surface area contributed by atoms with Gasteiger partial charge in [-0.3, -0.25) is 4.79 Å². The van der Waals surface area contributed by atoms with Crippen LogP contribution in [0.15, 0.2) is 41.6 Å². The molecule has 1 amide bonds. The van der Waals surface area contributed by atoms with Crippen LogP contribution >= 0.6 is 11.6 Å². The van der Waals surface area contributed by atoms with Gasteiger partial charge < -0.3 is 14.9 Å². The third-order valence-electron chi connectivity index (χ3n) is 5.53. The number of aryl methyl sites for hydroxylation is 3. The molecule has 0 aliphatic carbocycles. The van der Waals surface area contributed by atoms with Gasteiger partial charge in [0.15, 0.2) is 6.73 Å². The van der Waals surface area contributed by atoms with Crippen LogP contribution in [0, 0.1) is 33.5 Å². The number of hydrogen-bond donors (Lipinski definition) is 1. The number of ether oxygens (including phenoxy) is 1. The molecule has 0 spiro atoms. The standard InChI is InChI=1S/C24H24ClFN4O3/c1-13-9-19(10-14(2)22(13)25)32-12-30-16(4)23(15(3)28-30)27-24(31)21-11-20(29-33-21)17-5-7-18(26)8-6-17/h5-10,21H,11-12H2,1-4H3,(H,27,31). The van der Waals surface area contributed by atoms with Crippen molar-refractivity contribution < 1.29 is 18.8 Å². The molecule has 0 radical (unpaired) electrons. The molecule has 1 aliphatic rings. The topological polar surface area (TPSA) is 77.7 Å². The van der Waals surface area contributed by atoms with Crippen LogP contribution in [0.3, 0.4) is 0 Å². The molecule has 1 N–H and O–H groups in total. The molecule has 0 saturated heterocycles. The van der Waals surface area contributed by atoms with Gasteiger partial charge in [-0.2, -0.15) is 5.10 Å². The van der Waals surface area contributed by atoms with Gasteiger partial charge in [-0.05, 0) is 68.7 Å². The van der Waals surface area contributed by atoms with E-state index in [4.69, 9.17) is 21.2 Å². The molecule has 0 bridgehead atoms. The lowest BCUT2D eigenvalue weighted by atomic mass is 10.0. The summed E-state index contributed by atoms with van der Waals surface area (Å²) >= 11 is 6.22. The number of rotatable bonds is 6. The Morgan fingerprint density at radius 3 is 2.55 bits per heavy atom. The maximum Gasteiger partial charge on any atom is 0.268 e. The summed E-state index contributed by atoms with van der Waals surface area (Å²) in [7, 11) is 0. The van der Waals surface area contributed by atoms with E-state index < -0.39 is 6.10 Å². The number of carbonyl (C=O) groups excluding carboxylic acids is 1. The summed E-state index contributed by atoms with van der Waals surface area (Å²) in [6.45, 7) is 7.70. The molecule has 3 aromatic rings. The fraction of sp³-hybridized carbons (Fsp3) is 0.292. The van der Waals surface area contributed by atoms with Gasteiger partial charge in [-0.1, -0.05) is 28.9 Å². The van der Waals surface area contributed by atoms with Gasteiger partial charge in [-0.25, -0.2) is 9.07 Å². The summed E-state index contributed by atoms with van der Waals surface area (Å²) in [6, 6.07) is 9.67. The van der Waals surface area contributed by atoms with E-state index in [0.29, 0.717) is 29.3 Å². The van der Waals surface area contributed by atoms with Crippen LogP contribution < -0.4 is 10.1 Å². The molecule has 1 aliphatic heterocycles. The number of nitrogens with zero attached hydrogens (tertiary/aromatic N) is 3. The highest BCUT2D eigenvalue weighted by atomic mass is 35.5. The monoisotopic (exact) mass is 470 g/mol. The molecule has 1 unspecified atom stereocenters. The lowest BCUT2D eigenvalue weighted by Crippen LogP contribution is -2.28. The van der Waals surface area contributed by atoms with Crippen molar-refractivity contribution in [1.29, 1.82) is 0 Å². The van der Waals surface area contributed by atoms with E-state index in [1.54, 1.807) is 16.8 Å². The van der Waals surface area contributed by atoms with Gasteiger partial charge in [-0.15, -0.1) is 0 Å². The molecule has 33 heavy (non-hydrogen) atoms. The molecule has 0 fully saturated rings. The number of anilines is 1. The summed E-state index contributed by atoms with van der Waals surface area (Å²) in [6.07, 6.45) is -0.481. The number of benzene rings is 2. The number of oxime groups is 1. The van der Waals surface area contributed by atoms with Crippen LogP contribution in [-0.2, 0) is 16.4 Å². The maximum atomic E-state index is 13.1. The highest BCUT2D eigenvalue weighted by molar-refractivity contribution is 6.32. The van der Waals surface area contributed by atoms with Crippen molar-refractivity contribution in [2.24, 2.45) is 5.16 Å². The zero-order valence-electron chi connectivity index (χ0n) is 18.8. The minimum absolute atomic E-state index is 0.181. The van der Waals surface area contributed by atoms with Crippen LogP contribution in [0.5, 0.6) is 5.75 Å². The number of aromatic nitrogens is 2. The highest BCUT2D eigenvalue weighted by Crippen LogP contribution is 2.27. The number of carbonyl (C=O) groups is 1. The number of nitrogens with one attached hydrogen (secondary N) is 1. The van der Waals surface area contributed by atoms with Gasteiger partial charge in [0.1, 0.15) is 11.6 Å². The van der Waals surface area contributed by atoms with Crippen LogP contribution in [0.1, 0.15) is 34.5 Å². The minimum atomic E-state index is -0.775. The number of hydrogen-bond acceptors (Lipinski definition) is 5. The molecular formula is C24H24ClFN4O3. The summed E-state index contributed by atoms with van der Waals surface area (Å²) in [5.41, 5.74) is 5.20. The van der Waals surface area contributed by atoms with E-state index in [2.05, 4.69) is 15.6 Å². The van der Waals surface area contributed by atoms with Crippen molar-refractivity contribution in [2.45, 2.75) is 47.0 Å². The van der Waals surface area contributed by atoms with Crippen LogP contribution in [-0.4, -0.2) is 27.5 Å². The molecule has 2 aromatic carbocycles. The first-order chi connectivity index (χ1) is 15.7. The third kappa shape index (κ3) is 4.85. The summed E-state index contributed by atoms with van der Waals surface area (Å²) < 4.78 is 20.7. The van der Waals surface area contributed by atoms with E-state index in [1.807, 2.05) is 39.8 Å². The first kappa shape index (κ1) is 22.8. The Kier molecular flexibility index (Phi) is 6.37.